The van der Waals surface area contributed by atoms with Crippen molar-refractivity contribution in [2.24, 2.45) is 11.8 Å². The summed E-state index contributed by atoms with van der Waals surface area (Å²) in [5.41, 5.74) is 2.15. The molecule has 0 radical (unpaired) electrons. The van der Waals surface area contributed by atoms with Crippen LogP contribution in [-0.2, 0) is 20.9 Å². The number of carbonyl (C=O) groups excluding carboxylic acids is 1. The smallest absolute Gasteiger partial charge is 0.475 e. The molecule has 1 N–H and O–H groups in total. The highest BCUT2D eigenvalue weighted by molar-refractivity contribution is 5.82. The molecule has 28 heavy (non-hydrogen) atoms. The molecule has 1 amide bonds. The molecular weight excluding hydrogens is 379 g/mol. The van der Waals surface area contributed by atoms with Gasteiger partial charge in [0.2, 0.25) is 5.91 Å². The Balaban J connectivity index is 0.000000345. The molecule has 0 saturated carbocycles. The number of nitrogens with zero attached hydrogens (tertiary/aromatic N) is 3. The number of fused-ring (bicyclic) bond motifs is 1. The standard InChI is InChI=1S/C16H23N3O2.C2HF3O2/c1-12-4-3-5-14(17-12)10-18-8-13-9-19(6-7-21-2)16(20)15(13)11-18;3-2(4,5)1(6)7/h3-5,13,15H,6-11H2,1-2H3;(H,6,7)/t13-,15-;/m0./s1. The minimum absolute atomic E-state index is 0.173. The maximum atomic E-state index is 12.4. The van der Waals surface area contributed by atoms with E-state index in [1.807, 2.05) is 24.0 Å². The van der Waals surface area contributed by atoms with Crippen molar-refractivity contribution in [2.75, 3.05) is 39.9 Å². The Kier molecular flexibility index (Phi) is 7.36. The zero-order valence-corrected chi connectivity index (χ0v) is 15.8. The van der Waals surface area contributed by atoms with Crippen LogP contribution >= 0.6 is 0 Å². The molecule has 3 rings (SSSR count). The third-order valence-electron chi connectivity index (χ3n) is 4.74. The molecule has 1 aromatic rings. The number of hydrogen-bond acceptors (Lipinski definition) is 5. The monoisotopic (exact) mass is 403 g/mol. The van der Waals surface area contributed by atoms with Crippen molar-refractivity contribution in [1.29, 1.82) is 0 Å². The third-order valence-corrected chi connectivity index (χ3v) is 4.74. The number of carboxylic acids is 1. The van der Waals surface area contributed by atoms with E-state index < -0.39 is 12.1 Å². The van der Waals surface area contributed by atoms with Crippen LogP contribution in [0.25, 0.3) is 0 Å². The van der Waals surface area contributed by atoms with Crippen LogP contribution in [0.15, 0.2) is 18.2 Å². The minimum Gasteiger partial charge on any atom is -0.475 e. The van der Waals surface area contributed by atoms with E-state index in [9.17, 15) is 18.0 Å². The quantitative estimate of drug-likeness (QED) is 0.804. The summed E-state index contributed by atoms with van der Waals surface area (Å²) in [6.07, 6.45) is -5.08. The first kappa shape index (κ1) is 22.1. The fourth-order valence-corrected chi connectivity index (χ4v) is 3.48. The molecule has 2 atom stereocenters. The first-order chi connectivity index (χ1) is 13.1. The van der Waals surface area contributed by atoms with Gasteiger partial charge in [-0.15, -0.1) is 0 Å². The highest BCUT2D eigenvalue weighted by atomic mass is 19.4. The van der Waals surface area contributed by atoms with Gasteiger partial charge < -0.3 is 14.7 Å². The van der Waals surface area contributed by atoms with E-state index in [0.29, 0.717) is 18.4 Å². The summed E-state index contributed by atoms with van der Waals surface area (Å²) >= 11 is 0. The number of hydrogen-bond donors (Lipinski definition) is 1. The second-order valence-corrected chi connectivity index (χ2v) is 6.91. The molecule has 156 valence electrons. The normalized spacial score (nSPS) is 22.0. The van der Waals surface area contributed by atoms with Gasteiger partial charge in [0.05, 0.1) is 18.2 Å². The number of carboxylic acid groups (broad SMARTS) is 1. The molecule has 10 heteroatoms. The van der Waals surface area contributed by atoms with Crippen molar-refractivity contribution < 1.29 is 32.6 Å². The van der Waals surface area contributed by atoms with Crippen LogP contribution in [0.1, 0.15) is 11.4 Å². The number of halogens is 3. The number of ether oxygens (including phenoxy) is 1. The van der Waals surface area contributed by atoms with E-state index in [2.05, 4.69) is 16.0 Å². The fourth-order valence-electron chi connectivity index (χ4n) is 3.48. The van der Waals surface area contributed by atoms with Gasteiger partial charge in [0.25, 0.3) is 0 Å². The lowest BCUT2D eigenvalue weighted by atomic mass is 10.0. The van der Waals surface area contributed by atoms with Crippen LogP contribution < -0.4 is 0 Å². The molecule has 7 nitrogen and oxygen atoms in total. The zero-order chi connectivity index (χ0) is 20.9. The van der Waals surface area contributed by atoms with Crippen molar-refractivity contribution in [3.05, 3.63) is 29.6 Å². The Labute approximate surface area is 161 Å². The van der Waals surface area contributed by atoms with Gasteiger partial charge in [-0.05, 0) is 19.1 Å². The van der Waals surface area contributed by atoms with Gasteiger partial charge in [0.15, 0.2) is 0 Å². The van der Waals surface area contributed by atoms with Crippen molar-refractivity contribution >= 4 is 11.9 Å². The summed E-state index contributed by atoms with van der Waals surface area (Å²) in [5, 5.41) is 7.12. The van der Waals surface area contributed by atoms with Gasteiger partial charge in [-0.1, -0.05) is 6.07 Å². The van der Waals surface area contributed by atoms with Crippen LogP contribution in [-0.4, -0.2) is 77.8 Å². The SMILES string of the molecule is COCCN1C[C@@H]2CN(Cc3cccc(C)n3)C[C@@H]2C1=O.O=C(O)C(F)(F)F. The first-order valence-electron chi connectivity index (χ1n) is 8.84. The summed E-state index contributed by atoms with van der Waals surface area (Å²) in [6.45, 7) is 6.95. The lowest BCUT2D eigenvalue weighted by molar-refractivity contribution is -0.192. The summed E-state index contributed by atoms with van der Waals surface area (Å²) in [7, 11) is 1.68. The van der Waals surface area contributed by atoms with E-state index in [-0.39, 0.29) is 5.92 Å². The average Bonchev–Trinajstić information content (AvgIpc) is 3.11. The van der Waals surface area contributed by atoms with Crippen LogP contribution in [0.4, 0.5) is 13.2 Å². The molecular formula is C18H24F3N3O4. The van der Waals surface area contributed by atoms with Gasteiger partial charge in [0, 0.05) is 51.4 Å². The maximum Gasteiger partial charge on any atom is 0.490 e. The minimum atomic E-state index is -5.08. The lowest BCUT2D eigenvalue weighted by Gasteiger charge is -2.21. The van der Waals surface area contributed by atoms with Gasteiger partial charge in [0.1, 0.15) is 0 Å². The zero-order valence-electron chi connectivity index (χ0n) is 15.8. The molecule has 0 aliphatic carbocycles. The molecule has 2 aliphatic heterocycles. The molecule has 0 bridgehead atoms. The number of carbonyl (C=O) groups is 2. The van der Waals surface area contributed by atoms with Gasteiger partial charge in [-0.2, -0.15) is 13.2 Å². The number of alkyl halides is 3. The van der Waals surface area contributed by atoms with Crippen molar-refractivity contribution in [3.63, 3.8) is 0 Å². The predicted octanol–water partition coefficient (Wildman–Crippen LogP) is 1.56. The molecule has 0 spiro atoms. The number of pyridine rings is 1. The summed E-state index contributed by atoms with van der Waals surface area (Å²) < 4.78 is 36.8. The number of aromatic nitrogens is 1. The summed E-state index contributed by atoms with van der Waals surface area (Å²) in [6, 6.07) is 6.12. The maximum absolute atomic E-state index is 12.4. The molecule has 2 fully saturated rings. The number of amides is 1. The molecule has 0 unspecified atom stereocenters. The van der Waals surface area contributed by atoms with E-state index >= 15 is 0 Å². The Morgan fingerprint density at radius 3 is 2.54 bits per heavy atom. The number of aryl methyl sites for hydroxylation is 1. The van der Waals surface area contributed by atoms with Crippen LogP contribution in [0.5, 0.6) is 0 Å². The molecule has 1 aromatic heterocycles. The van der Waals surface area contributed by atoms with Crippen LogP contribution in [0, 0.1) is 18.8 Å². The van der Waals surface area contributed by atoms with Gasteiger partial charge >= 0.3 is 12.1 Å². The molecule has 2 aliphatic rings. The Morgan fingerprint density at radius 2 is 2.00 bits per heavy atom. The van der Waals surface area contributed by atoms with E-state index in [4.69, 9.17) is 14.6 Å². The van der Waals surface area contributed by atoms with Crippen LogP contribution in [0.2, 0.25) is 0 Å². The number of likely N-dealkylation sites (tertiary alicyclic amines) is 2. The van der Waals surface area contributed by atoms with Crippen molar-refractivity contribution in [1.82, 2.24) is 14.8 Å². The highest BCUT2D eigenvalue weighted by Crippen LogP contribution is 2.32. The van der Waals surface area contributed by atoms with Crippen LogP contribution in [0.3, 0.4) is 0 Å². The largest absolute Gasteiger partial charge is 0.490 e. The number of methoxy groups -OCH3 is 1. The second kappa shape index (κ2) is 9.33. The summed E-state index contributed by atoms with van der Waals surface area (Å²) in [5.74, 6) is -1.81. The van der Waals surface area contributed by atoms with E-state index in [0.717, 1.165) is 44.1 Å². The predicted molar refractivity (Wildman–Crippen MR) is 93.4 cm³/mol. The Hall–Kier alpha value is -2.20. The Bertz CT molecular complexity index is 699. The first-order valence-corrected chi connectivity index (χ1v) is 8.84. The number of rotatable bonds is 5. The summed E-state index contributed by atoms with van der Waals surface area (Å²) in [4.78, 5) is 30.1. The molecule has 2 saturated heterocycles. The molecule has 0 aromatic carbocycles. The van der Waals surface area contributed by atoms with Crippen molar-refractivity contribution in [3.8, 4) is 0 Å². The Morgan fingerprint density at radius 1 is 1.32 bits per heavy atom. The van der Waals surface area contributed by atoms with Gasteiger partial charge in [-0.3, -0.25) is 14.7 Å². The third kappa shape index (κ3) is 5.90. The van der Waals surface area contributed by atoms with Crippen molar-refractivity contribution in [2.45, 2.75) is 19.6 Å². The average molecular weight is 403 g/mol. The van der Waals surface area contributed by atoms with Gasteiger partial charge in [-0.25, -0.2) is 4.79 Å². The van der Waals surface area contributed by atoms with E-state index in [1.54, 1.807) is 7.11 Å². The number of aliphatic carboxylic acids is 1. The van der Waals surface area contributed by atoms with E-state index in [1.165, 1.54) is 0 Å². The fraction of sp³-hybridized carbons (Fsp3) is 0.611. The highest BCUT2D eigenvalue weighted by Gasteiger charge is 2.45. The topological polar surface area (TPSA) is 83.0 Å². The lowest BCUT2D eigenvalue weighted by Crippen LogP contribution is -2.34. The second-order valence-electron chi connectivity index (χ2n) is 6.91. The molecule has 3 heterocycles.